The highest BCUT2D eigenvalue weighted by Crippen LogP contribution is 2.30. The number of aromatic nitrogens is 1. The number of nitrogens with zero attached hydrogens (tertiary/aromatic N) is 2. The maximum atomic E-state index is 12.5. The van der Waals surface area contributed by atoms with Gasteiger partial charge < -0.3 is 14.4 Å². The average Bonchev–Trinajstić information content (AvgIpc) is 2.54. The molecule has 0 spiro atoms. The van der Waals surface area contributed by atoms with Gasteiger partial charge in [-0.15, -0.1) is 0 Å². The van der Waals surface area contributed by atoms with Crippen molar-refractivity contribution in [2.45, 2.75) is 13.2 Å². The van der Waals surface area contributed by atoms with Crippen LogP contribution in [0.1, 0.15) is 15.9 Å². The molecule has 0 unspecified atom stereocenters. The van der Waals surface area contributed by atoms with Gasteiger partial charge in [0.25, 0.3) is 5.91 Å². The number of methoxy groups -OCH3 is 1. The molecule has 24 heavy (non-hydrogen) atoms. The van der Waals surface area contributed by atoms with Crippen molar-refractivity contribution in [3.63, 3.8) is 0 Å². The Labute approximate surface area is 142 Å². The largest absolute Gasteiger partial charge is 0.493 e. The van der Waals surface area contributed by atoms with Crippen LogP contribution in [0.2, 0.25) is 5.15 Å². The van der Waals surface area contributed by atoms with Gasteiger partial charge in [0.1, 0.15) is 5.15 Å². The van der Waals surface area contributed by atoms with Gasteiger partial charge in [0.05, 0.1) is 7.11 Å². The van der Waals surface area contributed by atoms with E-state index in [1.807, 2.05) is 0 Å². The molecule has 0 saturated heterocycles. The van der Waals surface area contributed by atoms with Crippen LogP contribution in [-0.2, 0) is 6.54 Å². The van der Waals surface area contributed by atoms with Crippen LogP contribution >= 0.6 is 11.6 Å². The zero-order chi connectivity index (χ0) is 17.7. The molecular weight excluding hydrogens is 342 g/mol. The molecule has 0 saturated carbocycles. The van der Waals surface area contributed by atoms with Crippen molar-refractivity contribution in [3.05, 3.63) is 52.8 Å². The average molecular weight is 357 g/mol. The van der Waals surface area contributed by atoms with Gasteiger partial charge in [-0.25, -0.2) is 4.98 Å². The first-order valence-electron chi connectivity index (χ1n) is 6.89. The minimum atomic E-state index is -2.97. The smallest absolute Gasteiger partial charge is 0.387 e. The predicted octanol–water partition coefficient (Wildman–Crippen LogP) is 3.62. The van der Waals surface area contributed by atoms with Crippen LogP contribution in [0.25, 0.3) is 0 Å². The first kappa shape index (κ1) is 17.9. The monoisotopic (exact) mass is 356 g/mol. The summed E-state index contributed by atoms with van der Waals surface area (Å²) in [6.07, 6.45) is 1.44. The van der Waals surface area contributed by atoms with Gasteiger partial charge in [0.2, 0.25) is 0 Å². The number of rotatable bonds is 6. The SMILES string of the molecule is COc1ccc(CN(C)C(=O)c2ccnc(Cl)c2)cc1OC(F)F. The number of amides is 1. The van der Waals surface area contributed by atoms with Gasteiger partial charge in [0.15, 0.2) is 11.5 Å². The number of alkyl halides is 2. The minimum absolute atomic E-state index is 0.0854. The highest BCUT2D eigenvalue weighted by molar-refractivity contribution is 6.29. The molecule has 0 bridgehead atoms. The zero-order valence-corrected chi connectivity index (χ0v) is 13.8. The number of hydrogen-bond acceptors (Lipinski definition) is 4. The number of halogens is 3. The van der Waals surface area contributed by atoms with Crippen molar-refractivity contribution in [1.82, 2.24) is 9.88 Å². The second-order valence-electron chi connectivity index (χ2n) is 4.89. The summed E-state index contributed by atoms with van der Waals surface area (Å²) in [5.41, 5.74) is 0.998. The molecule has 0 atom stereocenters. The molecule has 0 aliphatic heterocycles. The van der Waals surface area contributed by atoms with Crippen LogP contribution < -0.4 is 9.47 Å². The Morgan fingerprint density at radius 2 is 2.04 bits per heavy atom. The van der Waals surface area contributed by atoms with Crippen LogP contribution in [0, 0.1) is 0 Å². The third-order valence-corrected chi connectivity index (χ3v) is 3.39. The molecule has 1 aromatic carbocycles. The molecule has 1 heterocycles. The number of benzene rings is 1. The molecule has 8 heteroatoms. The Hall–Kier alpha value is -2.41. The predicted molar refractivity (Wildman–Crippen MR) is 84.7 cm³/mol. The Kier molecular flexibility index (Phi) is 5.92. The molecule has 0 radical (unpaired) electrons. The molecule has 0 aliphatic carbocycles. The van der Waals surface area contributed by atoms with Gasteiger partial charge in [-0.1, -0.05) is 17.7 Å². The quantitative estimate of drug-likeness (QED) is 0.742. The summed E-state index contributed by atoms with van der Waals surface area (Å²) < 4.78 is 34.3. The fourth-order valence-corrected chi connectivity index (χ4v) is 2.28. The van der Waals surface area contributed by atoms with Crippen LogP contribution in [0.3, 0.4) is 0 Å². The van der Waals surface area contributed by atoms with Crippen LogP contribution in [-0.4, -0.2) is 36.6 Å². The molecule has 128 valence electrons. The summed E-state index contributed by atoms with van der Waals surface area (Å²) in [6, 6.07) is 7.59. The number of carbonyl (C=O) groups excluding carboxylic acids is 1. The molecule has 2 rings (SSSR count). The second-order valence-corrected chi connectivity index (χ2v) is 5.28. The van der Waals surface area contributed by atoms with Crippen molar-refractivity contribution >= 4 is 17.5 Å². The van der Waals surface area contributed by atoms with Gasteiger partial charge in [0, 0.05) is 25.4 Å². The molecule has 1 amide bonds. The van der Waals surface area contributed by atoms with Gasteiger partial charge >= 0.3 is 6.61 Å². The van der Waals surface area contributed by atoms with E-state index in [2.05, 4.69) is 9.72 Å². The van der Waals surface area contributed by atoms with Crippen molar-refractivity contribution in [2.75, 3.05) is 14.2 Å². The maximum absolute atomic E-state index is 12.5. The molecule has 5 nitrogen and oxygen atoms in total. The van der Waals surface area contributed by atoms with E-state index in [-0.39, 0.29) is 29.1 Å². The fourth-order valence-electron chi connectivity index (χ4n) is 2.11. The summed E-state index contributed by atoms with van der Waals surface area (Å²) in [5, 5.41) is 0.214. The van der Waals surface area contributed by atoms with E-state index in [1.54, 1.807) is 19.2 Å². The van der Waals surface area contributed by atoms with E-state index in [1.165, 1.54) is 36.4 Å². The van der Waals surface area contributed by atoms with E-state index < -0.39 is 6.61 Å². The fraction of sp³-hybridized carbons (Fsp3) is 0.250. The lowest BCUT2D eigenvalue weighted by Crippen LogP contribution is -2.26. The van der Waals surface area contributed by atoms with Gasteiger partial charge in [-0.3, -0.25) is 4.79 Å². The summed E-state index contributed by atoms with van der Waals surface area (Å²) in [4.78, 5) is 17.6. The third-order valence-electron chi connectivity index (χ3n) is 3.18. The molecule has 0 aliphatic rings. The molecule has 2 aromatic rings. The van der Waals surface area contributed by atoms with Crippen LogP contribution in [0.5, 0.6) is 11.5 Å². The van der Waals surface area contributed by atoms with E-state index in [0.717, 1.165) is 0 Å². The number of hydrogen-bond donors (Lipinski definition) is 0. The number of ether oxygens (including phenoxy) is 2. The summed E-state index contributed by atoms with van der Waals surface area (Å²) in [6.45, 7) is -2.77. The normalized spacial score (nSPS) is 10.6. The standard InChI is InChI=1S/C16H15ClF2N2O3/c1-21(15(22)11-5-6-20-14(17)8-11)9-10-3-4-12(23-2)13(7-10)24-16(18)19/h3-8,16H,9H2,1-2H3. The Morgan fingerprint density at radius 3 is 2.67 bits per heavy atom. The molecule has 1 aromatic heterocycles. The summed E-state index contributed by atoms with van der Waals surface area (Å²) in [7, 11) is 2.95. The van der Waals surface area contributed by atoms with Crippen LogP contribution in [0.4, 0.5) is 8.78 Å². The first-order valence-corrected chi connectivity index (χ1v) is 7.27. The minimum Gasteiger partial charge on any atom is -0.493 e. The molecule has 0 fully saturated rings. The van der Waals surface area contributed by atoms with Gasteiger partial charge in [-0.2, -0.15) is 8.78 Å². The van der Waals surface area contributed by atoms with Crippen molar-refractivity contribution < 1.29 is 23.0 Å². The van der Waals surface area contributed by atoms with E-state index in [4.69, 9.17) is 16.3 Å². The Balaban J connectivity index is 2.16. The molecular formula is C16H15ClF2N2O3. The topological polar surface area (TPSA) is 51.7 Å². The summed E-state index contributed by atoms with van der Waals surface area (Å²) in [5.74, 6) is -0.168. The van der Waals surface area contributed by atoms with Crippen LogP contribution in [0.15, 0.2) is 36.5 Å². The van der Waals surface area contributed by atoms with Crippen molar-refractivity contribution in [2.24, 2.45) is 0 Å². The number of pyridine rings is 1. The van der Waals surface area contributed by atoms with Gasteiger partial charge in [-0.05, 0) is 29.8 Å². The number of carbonyl (C=O) groups is 1. The lowest BCUT2D eigenvalue weighted by atomic mass is 10.1. The maximum Gasteiger partial charge on any atom is 0.387 e. The van der Waals surface area contributed by atoms with E-state index in [0.29, 0.717) is 11.1 Å². The lowest BCUT2D eigenvalue weighted by Gasteiger charge is -2.18. The lowest BCUT2D eigenvalue weighted by molar-refractivity contribution is -0.0512. The third kappa shape index (κ3) is 4.55. The zero-order valence-electron chi connectivity index (χ0n) is 13.0. The second kappa shape index (κ2) is 7.92. The van der Waals surface area contributed by atoms with Crippen molar-refractivity contribution in [1.29, 1.82) is 0 Å². The highest BCUT2D eigenvalue weighted by atomic mass is 35.5. The Bertz CT molecular complexity index is 728. The van der Waals surface area contributed by atoms with E-state index >= 15 is 0 Å². The molecule has 0 N–H and O–H groups in total. The highest BCUT2D eigenvalue weighted by Gasteiger charge is 2.15. The van der Waals surface area contributed by atoms with E-state index in [9.17, 15) is 13.6 Å². The van der Waals surface area contributed by atoms with Crippen molar-refractivity contribution in [3.8, 4) is 11.5 Å². The first-order chi connectivity index (χ1) is 11.4. The Morgan fingerprint density at radius 1 is 1.29 bits per heavy atom. The summed E-state index contributed by atoms with van der Waals surface area (Å²) >= 11 is 5.77.